The fourth-order valence-corrected chi connectivity index (χ4v) is 6.00. The Balaban J connectivity index is 0.955. The van der Waals surface area contributed by atoms with Crippen LogP contribution in [0.15, 0.2) is 151 Å². The van der Waals surface area contributed by atoms with Crippen molar-refractivity contribution in [3.05, 3.63) is 168 Å². The molecule has 0 saturated carbocycles. The summed E-state index contributed by atoms with van der Waals surface area (Å²) < 4.78 is 36.3. The largest absolute Gasteiger partial charge is 0.468 e. The minimum Gasteiger partial charge on any atom is -0.416 e. The topological polar surface area (TPSA) is 90.0 Å². The smallest absolute Gasteiger partial charge is 0.416 e. The highest BCUT2D eigenvalue weighted by Crippen LogP contribution is 2.28. The van der Waals surface area contributed by atoms with Gasteiger partial charge in [-0.25, -0.2) is 18.3 Å². The molecule has 0 spiro atoms. The van der Waals surface area contributed by atoms with Gasteiger partial charge in [-0.15, -0.1) is 10.2 Å². The molecule has 4 aromatic carbocycles. The van der Waals surface area contributed by atoms with Crippen LogP contribution in [0.25, 0.3) is 45.2 Å². The zero-order chi connectivity index (χ0) is 34.3. The van der Waals surface area contributed by atoms with Crippen molar-refractivity contribution < 1.29 is 27.2 Å². The monoisotopic (exact) mass is 678 g/mol. The van der Waals surface area contributed by atoms with Crippen LogP contribution in [0.2, 0.25) is 0 Å². The molecule has 3 aromatic heterocycles. The fourth-order valence-electron chi connectivity index (χ4n) is 5.75. The van der Waals surface area contributed by atoms with Crippen molar-refractivity contribution in [2.24, 2.45) is 0 Å². The van der Waals surface area contributed by atoms with Gasteiger partial charge in [-0.05, 0) is 64.1 Å². The molecule has 0 unspecified atom stereocenters. The maximum absolute atomic E-state index is 10.6. The van der Waals surface area contributed by atoms with Gasteiger partial charge in [0.2, 0.25) is 11.8 Å². The van der Waals surface area contributed by atoms with Crippen LogP contribution in [-0.4, -0.2) is 10.2 Å². The Morgan fingerprint density at radius 1 is 0.500 bits per heavy atom. The van der Waals surface area contributed by atoms with Crippen molar-refractivity contribution in [1.82, 2.24) is 10.2 Å². The molecule has 0 fully saturated rings. The van der Waals surface area contributed by atoms with Crippen molar-refractivity contribution in [3.8, 4) is 45.2 Å². The summed E-state index contributed by atoms with van der Waals surface area (Å²) in [6.07, 6.45) is 9.37. The molecule has 8 nitrogen and oxygen atoms in total. The summed E-state index contributed by atoms with van der Waals surface area (Å²) in [5.41, 5.74) is 10.7. The summed E-state index contributed by atoms with van der Waals surface area (Å²) in [6.45, 7) is 3.76. The first kappa shape index (κ1) is 32.7. The molecule has 7 rings (SSSR count). The summed E-state index contributed by atoms with van der Waals surface area (Å²) in [5.74, 6) is 0.948. The van der Waals surface area contributed by atoms with Gasteiger partial charge in [0.1, 0.15) is 0 Å². The van der Waals surface area contributed by atoms with E-state index < -0.39 is 7.91 Å². The number of hydrogen-bond acceptors (Lipinski definition) is 6. The minimum atomic E-state index is -2.84. The van der Waals surface area contributed by atoms with E-state index in [1.54, 1.807) is 0 Å². The summed E-state index contributed by atoms with van der Waals surface area (Å²) >= 11 is 0. The number of rotatable bonds is 12. The minimum absolute atomic E-state index is 0.0485. The zero-order valence-electron chi connectivity index (χ0n) is 27.6. The quantitative estimate of drug-likeness (QED) is 0.0950. The Labute approximate surface area is 291 Å². The first-order chi connectivity index (χ1) is 24.5. The van der Waals surface area contributed by atoms with Crippen molar-refractivity contribution in [2.75, 3.05) is 0 Å². The summed E-state index contributed by atoms with van der Waals surface area (Å²) in [5, 5.41) is 8.64. The Morgan fingerprint density at radius 2 is 0.860 bits per heavy atom. The van der Waals surface area contributed by atoms with E-state index in [0.717, 1.165) is 57.5 Å². The summed E-state index contributed by atoms with van der Waals surface area (Å²) in [4.78, 5) is 0. The van der Waals surface area contributed by atoms with Crippen LogP contribution in [0.1, 0.15) is 29.2 Å². The second-order valence-electron chi connectivity index (χ2n) is 12.1. The van der Waals surface area contributed by atoms with Crippen LogP contribution in [-0.2, 0) is 39.8 Å². The van der Waals surface area contributed by atoms with Gasteiger partial charge in [-0.2, -0.15) is 0 Å². The van der Waals surface area contributed by atoms with Crippen LogP contribution >= 0.6 is 7.91 Å². The van der Waals surface area contributed by atoms with Crippen LogP contribution in [0, 0.1) is 0 Å². The molecule has 0 aliphatic heterocycles. The van der Waals surface area contributed by atoms with Gasteiger partial charge < -0.3 is 4.42 Å². The van der Waals surface area contributed by atoms with Crippen LogP contribution < -0.4 is 9.13 Å². The SMILES string of the molecule is CCc1ccc(C[n+]2ccc(-c3ccc(-c4nnc(-c5ccc(-c6cc[n+](Cc7ccc(COP(=O)=O)cc7)cc6)cc5)o4)cc3)cc2)cc1. The summed E-state index contributed by atoms with van der Waals surface area (Å²) in [7, 11) is -2.84. The van der Waals surface area contributed by atoms with E-state index in [1.807, 2.05) is 60.9 Å². The van der Waals surface area contributed by atoms with Crippen LogP contribution in [0.5, 0.6) is 0 Å². The lowest BCUT2D eigenvalue weighted by Gasteiger charge is -2.04. The van der Waals surface area contributed by atoms with E-state index in [-0.39, 0.29) is 6.61 Å². The molecule has 0 aliphatic carbocycles. The van der Waals surface area contributed by atoms with Gasteiger partial charge in [0.15, 0.2) is 37.9 Å². The van der Waals surface area contributed by atoms with Gasteiger partial charge in [0.25, 0.3) is 0 Å². The highest BCUT2D eigenvalue weighted by Gasteiger charge is 2.13. The average Bonchev–Trinajstić information content (AvgIpc) is 3.66. The second-order valence-corrected chi connectivity index (χ2v) is 12.8. The molecule has 0 radical (unpaired) electrons. The predicted molar refractivity (Wildman–Crippen MR) is 190 cm³/mol. The standard InChI is InChI=1S/C41H35N4O4P/c1-2-30-3-5-31(6-4-30)27-44-23-19-36(20-24-44)34-11-15-38(16-12-34)40-42-43-41(49-40)39-17-13-35(14-18-39)37-21-25-45(26-22-37)28-32-7-9-33(10-8-32)29-48-50(46)47/h3-26H,2,27-29H2,1H3/q+2. The molecule has 0 aliphatic rings. The van der Waals surface area contributed by atoms with Crippen molar-refractivity contribution >= 4 is 7.91 Å². The van der Waals surface area contributed by atoms with E-state index in [4.69, 9.17) is 4.42 Å². The molecule has 3 heterocycles. The third kappa shape index (κ3) is 8.06. The molecular weight excluding hydrogens is 643 g/mol. The van der Waals surface area contributed by atoms with Crippen LogP contribution in [0.4, 0.5) is 0 Å². The van der Waals surface area contributed by atoms with Gasteiger partial charge in [-0.1, -0.05) is 79.7 Å². The third-order valence-corrected chi connectivity index (χ3v) is 9.00. The predicted octanol–water partition coefficient (Wildman–Crippen LogP) is 8.58. The Bertz CT molecular complexity index is 2240. The highest BCUT2D eigenvalue weighted by atomic mass is 31.1. The molecular formula is C41H35N4O4P+2. The number of pyridine rings is 2. The maximum atomic E-state index is 10.6. The first-order valence-corrected chi connectivity index (χ1v) is 17.5. The van der Waals surface area contributed by atoms with Gasteiger partial charge >= 0.3 is 7.91 Å². The Hall–Kier alpha value is -5.82. The molecule has 0 amide bonds. The molecule has 0 saturated heterocycles. The lowest BCUT2D eigenvalue weighted by atomic mass is 10.0. The van der Waals surface area contributed by atoms with E-state index in [2.05, 4.69) is 116 Å². The normalized spacial score (nSPS) is 11.1. The van der Waals surface area contributed by atoms with Crippen molar-refractivity contribution in [3.63, 3.8) is 0 Å². The Kier molecular flexibility index (Phi) is 9.92. The fraction of sp³-hybridized carbons (Fsp3) is 0.122. The van der Waals surface area contributed by atoms with Crippen molar-refractivity contribution in [2.45, 2.75) is 33.0 Å². The highest BCUT2D eigenvalue weighted by molar-refractivity contribution is 7.24. The second kappa shape index (κ2) is 15.2. The lowest BCUT2D eigenvalue weighted by molar-refractivity contribution is -0.688. The molecule has 246 valence electrons. The number of benzene rings is 4. The molecule has 0 N–H and O–H groups in total. The van der Waals surface area contributed by atoms with E-state index in [9.17, 15) is 9.13 Å². The van der Waals surface area contributed by atoms with Crippen LogP contribution in [0.3, 0.4) is 0 Å². The molecule has 0 bridgehead atoms. The molecule has 9 heteroatoms. The van der Waals surface area contributed by atoms with Gasteiger partial charge in [0.05, 0.1) is 6.61 Å². The van der Waals surface area contributed by atoms with E-state index >= 15 is 0 Å². The van der Waals surface area contributed by atoms with Gasteiger partial charge in [0, 0.05) is 46.5 Å². The van der Waals surface area contributed by atoms with Gasteiger partial charge in [-0.3, -0.25) is 4.52 Å². The van der Waals surface area contributed by atoms with E-state index in [1.165, 1.54) is 11.1 Å². The zero-order valence-corrected chi connectivity index (χ0v) is 28.4. The number of aryl methyl sites for hydroxylation is 1. The molecule has 50 heavy (non-hydrogen) atoms. The van der Waals surface area contributed by atoms with Crippen molar-refractivity contribution in [1.29, 1.82) is 0 Å². The Morgan fingerprint density at radius 3 is 1.26 bits per heavy atom. The molecule has 0 atom stereocenters. The first-order valence-electron chi connectivity index (χ1n) is 16.5. The third-order valence-electron chi connectivity index (χ3n) is 8.66. The molecule has 7 aromatic rings. The average molecular weight is 679 g/mol. The van der Waals surface area contributed by atoms with E-state index in [0.29, 0.717) is 18.3 Å². The lowest BCUT2D eigenvalue weighted by Crippen LogP contribution is -2.32. The number of nitrogens with zero attached hydrogens (tertiary/aromatic N) is 4. The number of aromatic nitrogens is 4. The maximum Gasteiger partial charge on any atom is 0.468 e. The number of hydrogen-bond donors (Lipinski definition) is 0. The summed E-state index contributed by atoms with van der Waals surface area (Å²) in [6, 6.07) is 41.2.